The number of carbonyl (C=O) groups is 1. The van der Waals surface area contributed by atoms with Crippen LogP contribution in [0.5, 0.6) is 0 Å². The zero-order valence-corrected chi connectivity index (χ0v) is 13.9. The monoisotopic (exact) mass is 308 g/mol. The minimum Gasteiger partial charge on any atom is -0.481 e. The van der Waals surface area contributed by atoms with Crippen molar-refractivity contribution >= 4 is 22.4 Å². The molecule has 5 heteroatoms. The lowest BCUT2D eigenvalue weighted by molar-refractivity contribution is -0.139. The summed E-state index contributed by atoms with van der Waals surface area (Å²) >= 11 is 1.72. The van der Waals surface area contributed by atoms with Crippen molar-refractivity contribution in [2.24, 2.45) is 11.3 Å². The molecule has 1 aromatic heterocycles. The number of thiazole rings is 1. The Morgan fingerprint density at radius 2 is 2.14 bits per heavy atom. The molecule has 4 nitrogen and oxygen atoms in total. The van der Waals surface area contributed by atoms with Gasteiger partial charge in [-0.25, -0.2) is 4.98 Å². The third-order valence-electron chi connectivity index (χ3n) is 4.92. The van der Waals surface area contributed by atoms with Crippen LogP contribution in [0.3, 0.4) is 0 Å². The molecule has 0 amide bonds. The maximum absolute atomic E-state index is 11.4. The lowest BCUT2D eigenvalue weighted by atomic mass is 9.80. The molecule has 1 fully saturated rings. The van der Waals surface area contributed by atoms with Gasteiger partial charge in [-0.3, -0.25) is 4.79 Å². The van der Waals surface area contributed by atoms with Crippen LogP contribution in [0.4, 0.5) is 5.13 Å². The average molecular weight is 308 g/mol. The highest BCUT2D eigenvalue weighted by Crippen LogP contribution is 2.41. The molecule has 1 N–H and O–H groups in total. The second kappa shape index (κ2) is 5.27. The second-order valence-electron chi connectivity index (χ2n) is 7.39. The van der Waals surface area contributed by atoms with E-state index in [0.717, 1.165) is 43.2 Å². The molecule has 1 aliphatic heterocycles. The van der Waals surface area contributed by atoms with Gasteiger partial charge in [0, 0.05) is 18.0 Å². The third kappa shape index (κ3) is 2.80. The van der Waals surface area contributed by atoms with Crippen LogP contribution in [0.25, 0.3) is 0 Å². The van der Waals surface area contributed by atoms with Gasteiger partial charge in [0.15, 0.2) is 5.13 Å². The van der Waals surface area contributed by atoms with E-state index in [9.17, 15) is 9.90 Å². The standard InChI is InChI=1S/C16H24N2O2S/c1-16(2,3)10-7-8-18(9-10)15-17-13-11(14(19)20)5-4-6-12(13)21-15/h10-11H,4-9H2,1-3H3,(H,19,20). The summed E-state index contributed by atoms with van der Waals surface area (Å²) in [5.41, 5.74) is 1.17. The van der Waals surface area contributed by atoms with E-state index in [1.165, 1.54) is 11.3 Å². The summed E-state index contributed by atoms with van der Waals surface area (Å²) < 4.78 is 0. The van der Waals surface area contributed by atoms with E-state index in [-0.39, 0.29) is 5.92 Å². The van der Waals surface area contributed by atoms with Gasteiger partial charge >= 0.3 is 5.97 Å². The second-order valence-corrected chi connectivity index (χ2v) is 8.45. The predicted molar refractivity (Wildman–Crippen MR) is 85.2 cm³/mol. The summed E-state index contributed by atoms with van der Waals surface area (Å²) in [6.45, 7) is 9.00. The zero-order chi connectivity index (χ0) is 15.2. The molecule has 2 aliphatic rings. The van der Waals surface area contributed by atoms with Gasteiger partial charge in [0.2, 0.25) is 0 Å². The van der Waals surface area contributed by atoms with Crippen molar-refractivity contribution in [2.45, 2.75) is 52.4 Å². The Balaban J connectivity index is 1.81. The maximum atomic E-state index is 11.4. The number of nitrogens with zero attached hydrogens (tertiary/aromatic N) is 2. The first kappa shape index (κ1) is 14.8. The number of hydrogen-bond donors (Lipinski definition) is 1. The quantitative estimate of drug-likeness (QED) is 0.908. The third-order valence-corrected chi connectivity index (χ3v) is 6.12. The van der Waals surface area contributed by atoms with E-state index in [1.807, 2.05) is 0 Å². The minimum atomic E-state index is -0.721. The molecule has 2 atom stereocenters. The molecule has 0 spiro atoms. The first-order chi connectivity index (χ1) is 9.86. The van der Waals surface area contributed by atoms with Gasteiger partial charge in [-0.1, -0.05) is 20.8 Å². The Kier molecular flexibility index (Phi) is 3.72. The van der Waals surface area contributed by atoms with Crippen molar-refractivity contribution in [1.82, 2.24) is 4.98 Å². The number of hydrogen-bond acceptors (Lipinski definition) is 4. The number of fused-ring (bicyclic) bond motifs is 1. The Hall–Kier alpha value is -1.10. The molecule has 1 aliphatic carbocycles. The van der Waals surface area contributed by atoms with Crippen molar-refractivity contribution in [3.8, 4) is 0 Å². The van der Waals surface area contributed by atoms with Gasteiger partial charge in [0.25, 0.3) is 0 Å². The summed E-state index contributed by atoms with van der Waals surface area (Å²) in [5.74, 6) is -0.421. The lowest BCUT2D eigenvalue weighted by Gasteiger charge is -2.26. The fourth-order valence-corrected chi connectivity index (χ4v) is 4.62. The van der Waals surface area contributed by atoms with E-state index >= 15 is 0 Å². The van der Waals surface area contributed by atoms with Crippen LogP contribution in [0.2, 0.25) is 0 Å². The SMILES string of the molecule is CC(C)(C)C1CCN(c2nc3c(s2)CCCC3C(=O)O)C1. The van der Waals surface area contributed by atoms with E-state index in [2.05, 4.69) is 25.7 Å². The van der Waals surface area contributed by atoms with Gasteiger partial charge in [-0.05, 0) is 37.0 Å². The van der Waals surface area contributed by atoms with Crippen molar-refractivity contribution in [3.63, 3.8) is 0 Å². The number of rotatable bonds is 2. The predicted octanol–water partition coefficient (Wildman–Crippen LogP) is 3.52. The minimum absolute atomic E-state index is 0.329. The van der Waals surface area contributed by atoms with Crippen molar-refractivity contribution < 1.29 is 9.90 Å². The highest BCUT2D eigenvalue weighted by molar-refractivity contribution is 7.15. The van der Waals surface area contributed by atoms with Crippen LogP contribution in [0, 0.1) is 11.3 Å². The van der Waals surface area contributed by atoms with Gasteiger partial charge < -0.3 is 10.0 Å². The first-order valence-electron chi connectivity index (χ1n) is 7.83. The number of aliphatic carboxylic acids is 1. The maximum Gasteiger partial charge on any atom is 0.312 e. The summed E-state index contributed by atoms with van der Waals surface area (Å²) in [5, 5.41) is 10.4. The molecule has 0 radical (unpaired) electrons. The molecule has 3 rings (SSSR count). The molecule has 21 heavy (non-hydrogen) atoms. The van der Waals surface area contributed by atoms with Crippen LogP contribution in [-0.4, -0.2) is 29.1 Å². The number of anilines is 1. The Bertz CT molecular complexity index is 547. The van der Waals surface area contributed by atoms with Gasteiger partial charge in [-0.2, -0.15) is 0 Å². The topological polar surface area (TPSA) is 53.4 Å². The Labute approximate surface area is 130 Å². The van der Waals surface area contributed by atoms with Gasteiger partial charge in [0.1, 0.15) is 5.92 Å². The average Bonchev–Trinajstić information content (AvgIpc) is 3.03. The molecule has 2 unspecified atom stereocenters. The van der Waals surface area contributed by atoms with Crippen LogP contribution in [-0.2, 0) is 11.2 Å². The summed E-state index contributed by atoms with van der Waals surface area (Å²) in [6, 6.07) is 0. The molecule has 1 saturated heterocycles. The number of aryl methyl sites for hydroxylation is 1. The molecule has 0 aromatic carbocycles. The fraction of sp³-hybridized carbons (Fsp3) is 0.750. The van der Waals surface area contributed by atoms with Crippen molar-refractivity contribution in [2.75, 3.05) is 18.0 Å². The first-order valence-corrected chi connectivity index (χ1v) is 8.65. The van der Waals surface area contributed by atoms with Crippen LogP contribution >= 0.6 is 11.3 Å². The summed E-state index contributed by atoms with van der Waals surface area (Å²) in [4.78, 5) is 19.7. The number of carboxylic acid groups (broad SMARTS) is 1. The highest BCUT2D eigenvalue weighted by atomic mass is 32.1. The molecular formula is C16H24N2O2S. The molecule has 0 bridgehead atoms. The largest absolute Gasteiger partial charge is 0.481 e. The normalized spacial score (nSPS) is 26.0. The fourth-order valence-electron chi connectivity index (χ4n) is 3.42. The van der Waals surface area contributed by atoms with E-state index < -0.39 is 5.97 Å². The lowest BCUT2D eigenvalue weighted by Crippen LogP contribution is -2.25. The highest BCUT2D eigenvalue weighted by Gasteiger charge is 2.35. The van der Waals surface area contributed by atoms with Crippen LogP contribution in [0.15, 0.2) is 0 Å². The Morgan fingerprint density at radius 1 is 1.38 bits per heavy atom. The van der Waals surface area contributed by atoms with E-state index in [1.54, 1.807) is 11.3 Å². The number of carboxylic acids is 1. The Morgan fingerprint density at radius 3 is 2.76 bits per heavy atom. The molecule has 116 valence electrons. The van der Waals surface area contributed by atoms with E-state index in [0.29, 0.717) is 11.3 Å². The van der Waals surface area contributed by atoms with E-state index in [4.69, 9.17) is 4.98 Å². The molecule has 2 heterocycles. The summed E-state index contributed by atoms with van der Waals surface area (Å²) in [6.07, 6.45) is 3.90. The zero-order valence-electron chi connectivity index (χ0n) is 13.1. The molecular weight excluding hydrogens is 284 g/mol. The number of aromatic nitrogens is 1. The van der Waals surface area contributed by atoms with Crippen LogP contribution in [0.1, 0.15) is 56.5 Å². The van der Waals surface area contributed by atoms with Gasteiger partial charge in [-0.15, -0.1) is 11.3 Å². The molecule has 1 aromatic rings. The van der Waals surface area contributed by atoms with Crippen molar-refractivity contribution in [3.05, 3.63) is 10.6 Å². The molecule has 0 saturated carbocycles. The van der Waals surface area contributed by atoms with Crippen molar-refractivity contribution in [1.29, 1.82) is 0 Å². The smallest absolute Gasteiger partial charge is 0.312 e. The van der Waals surface area contributed by atoms with Gasteiger partial charge in [0.05, 0.1) is 5.69 Å². The van der Waals surface area contributed by atoms with Crippen LogP contribution < -0.4 is 4.90 Å². The summed E-state index contributed by atoms with van der Waals surface area (Å²) in [7, 11) is 0.